The van der Waals surface area contributed by atoms with Crippen LogP contribution >= 0.6 is 0 Å². The van der Waals surface area contributed by atoms with Gasteiger partial charge in [-0.3, -0.25) is 4.68 Å². The Hall–Kier alpha value is -0.830. The van der Waals surface area contributed by atoms with E-state index in [0.29, 0.717) is 12.1 Å². The summed E-state index contributed by atoms with van der Waals surface area (Å²) in [5.41, 5.74) is 0. The minimum atomic E-state index is 0.570. The smallest absolute Gasteiger partial charge is 0.0672 e. The van der Waals surface area contributed by atoms with Gasteiger partial charge in [-0.2, -0.15) is 5.10 Å². The van der Waals surface area contributed by atoms with Crippen molar-refractivity contribution < 1.29 is 0 Å². The Morgan fingerprint density at radius 1 is 1.40 bits per heavy atom. The Morgan fingerprint density at radius 3 is 3.00 bits per heavy atom. The third kappa shape index (κ3) is 2.59. The molecule has 1 aliphatic rings. The van der Waals surface area contributed by atoms with E-state index < -0.39 is 0 Å². The highest BCUT2D eigenvalue weighted by atomic mass is 15.3. The molecule has 3 nitrogen and oxygen atoms in total. The SMILES string of the molecule is CCCNC1CCCCC1n1cccn1. The molecule has 1 heterocycles. The summed E-state index contributed by atoms with van der Waals surface area (Å²) >= 11 is 0. The van der Waals surface area contributed by atoms with Crippen molar-refractivity contribution in [1.82, 2.24) is 15.1 Å². The van der Waals surface area contributed by atoms with Gasteiger partial charge in [-0.1, -0.05) is 19.8 Å². The molecule has 2 unspecified atom stereocenters. The van der Waals surface area contributed by atoms with Crippen molar-refractivity contribution in [3.05, 3.63) is 18.5 Å². The van der Waals surface area contributed by atoms with Gasteiger partial charge < -0.3 is 5.32 Å². The summed E-state index contributed by atoms with van der Waals surface area (Å²) in [6.45, 7) is 3.35. The van der Waals surface area contributed by atoms with Crippen molar-refractivity contribution in [3.63, 3.8) is 0 Å². The predicted octanol–water partition coefficient (Wildman–Crippen LogP) is 2.37. The van der Waals surface area contributed by atoms with Crippen molar-refractivity contribution in [3.8, 4) is 0 Å². The Kier molecular flexibility index (Phi) is 3.78. The van der Waals surface area contributed by atoms with Crippen molar-refractivity contribution in [2.24, 2.45) is 0 Å². The monoisotopic (exact) mass is 207 g/mol. The quantitative estimate of drug-likeness (QED) is 0.821. The van der Waals surface area contributed by atoms with E-state index in [1.54, 1.807) is 0 Å². The third-order valence-corrected chi connectivity index (χ3v) is 3.25. The van der Waals surface area contributed by atoms with Gasteiger partial charge in [0.15, 0.2) is 0 Å². The molecule has 15 heavy (non-hydrogen) atoms. The van der Waals surface area contributed by atoms with Gasteiger partial charge in [0.2, 0.25) is 0 Å². The normalized spacial score (nSPS) is 26.7. The van der Waals surface area contributed by atoms with E-state index in [9.17, 15) is 0 Å². The van der Waals surface area contributed by atoms with Gasteiger partial charge in [-0.25, -0.2) is 0 Å². The summed E-state index contributed by atoms with van der Waals surface area (Å²) in [4.78, 5) is 0. The summed E-state index contributed by atoms with van der Waals surface area (Å²) in [5, 5.41) is 8.02. The fourth-order valence-electron chi connectivity index (χ4n) is 2.47. The largest absolute Gasteiger partial charge is 0.312 e. The molecule has 0 aliphatic heterocycles. The van der Waals surface area contributed by atoms with Gasteiger partial charge in [0.1, 0.15) is 0 Å². The zero-order chi connectivity index (χ0) is 10.5. The summed E-state index contributed by atoms with van der Waals surface area (Å²) in [6.07, 6.45) is 10.5. The van der Waals surface area contributed by atoms with Gasteiger partial charge in [0.05, 0.1) is 6.04 Å². The maximum atomic E-state index is 4.37. The minimum absolute atomic E-state index is 0.570. The lowest BCUT2D eigenvalue weighted by Gasteiger charge is -2.32. The first-order chi connectivity index (χ1) is 7.42. The van der Waals surface area contributed by atoms with Crippen LogP contribution < -0.4 is 5.32 Å². The van der Waals surface area contributed by atoms with E-state index in [1.807, 2.05) is 12.3 Å². The summed E-state index contributed by atoms with van der Waals surface area (Å²) in [6, 6.07) is 3.21. The molecule has 1 fully saturated rings. The molecule has 0 bridgehead atoms. The molecule has 0 spiro atoms. The maximum absolute atomic E-state index is 4.37. The summed E-state index contributed by atoms with van der Waals surface area (Å²) in [5.74, 6) is 0. The fraction of sp³-hybridized carbons (Fsp3) is 0.750. The lowest BCUT2D eigenvalue weighted by Crippen LogP contribution is -2.40. The molecule has 2 rings (SSSR count). The van der Waals surface area contributed by atoms with E-state index in [1.165, 1.54) is 32.1 Å². The van der Waals surface area contributed by atoms with Crippen molar-refractivity contribution in [2.75, 3.05) is 6.54 Å². The molecule has 1 N–H and O–H groups in total. The molecule has 3 heteroatoms. The van der Waals surface area contributed by atoms with Gasteiger partial charge in [-0.15, -0.1) is 0 Å². The average Bonchev–Trinajstić information content (AvgIpc) is 2.80. The second kappa shape index (κ2) is 5.31. The second-order valence-corrected chi connectivity index (χ2v) is 4.40. The molecule has 1 aliphatic carbocycles. The van der Waals surface area contributed by atoms with Crippen LogP contribution in [0.15, 0.2) is 18.5 Å². The predicted molar refractivity (Wildman–Crippen MR) is 61.8 cm³/mol. The van der Waals surface area contributed by atoms with Crippen LogP contribution in [0.1, 0.15) is 45.1 Å². The van der Waals surface area contributed by atoms with Crippen LogP contribution in [0.25, 0.3) is 0 Å². The van der Waals surface area contributed by atoms with Gasteiger partial charge in [0.25, 0.3) is 0 Å². The van der Waals surface area contributed by atoms with E-state index >= 15 is 0 Å². The lowest BCUT2D eigenvalue weighted by atomic mass is 9.90. The molecule has 0 aromatic carbocycles. The Labute approximate surface area is 91.9 Å². The maximum Gasteiger partial charge on any atom is 0.0672 e. The third-order valence-electron chi connectivity index (χ3n) is 3.25. The van der Waals surface area contributed by atoms with E-state index in [2.05, 4.69) is 28.2 Å². The molecule has 1 aromatic rings. The zero-order valence-corrected chi connectivity index (χ0v) is 9.52. The summed E-state index contributed by atoms with van der Waals surface area (Å²) < 4.78 is 2.13. The number of nitrogens with one attached hydrogen (secondary N) is 1. The number of hydrogen-bond donors (Lipinski definition) is 1. The highest BCUT2D eigenvalue weighted by Crippen LogP contribution is 2.27. The van der Waals surface area contributed by atoms with Gasteiger partial charge in [0, 0.05) is 18.4 Å². The Bertz CT molecular complexity index is 268. The van der Waals surface area contributed by atoms with Gasteiger partial charge in [-0.05, 0) is 31.9 Å². The number of nitrogens with zero attached hydrogens (tertiary/aromatic N) is 2. The van der Waals surface area contributed by atoms with E-state index in [0.717, 1.165) is 6.54 Å². The van der Waals surface area contributed by atoms with E-state index in [4.69, 9.17) is 0 Å². The van der Waals surface area contributed by atoms with Crippen molar-refractivity contribution in [2.45, 2.75) is 51.1 Å². The van der Waals surface area contributed by atoms with Crippen LogP contribution in [-0.2, 0) is 0 Å². The van der Waals surface area contributed by atoms with Crippen LogP contribution in [0.4, 0.5) is 0 Å². The first-order valence-electron chi connectivity index (χ1n) is 6.14. The van der Waals surface area contributed by atoms with Crippen molar-refractivity contribution >= 4 is 0 Å². The van der Waals surface area contributed by atoms with Crippen molar-refractivity contribution in [1.29, 1.82) is 0 Å². The second-order valence-electron chi connectivity index (χ2n) is 4.40. The fourth-order valence-corrected chi connectivity index (χ4v) is 2.47. The van der Waals surface area contributed by atoms with Crippen LogP contribution in [0.2, 0.25) is 0 Å². The van der Waals surface area contributed by atoms with Crippen LogP contribution in [0, 0.1) is 0 Å². The molecule has 84 valence electrons. The zero-order valence-electron chi connectivity index (χ0n) is 9.52. The lowest BCUT2D eigenvalue weighted by molar-refractivity contribution is 0.247. The molecular formula is C12H21N3. The molecule has 1 aromatic heterocycles. The summed E-state index contributed by atoms with van der Waals surface area (Å²) in [7, 11) is 0. The minimum Gasteiger partial charge on any atom is -0.312 e. The molecule has 0 amide bonds. The van der Waals surface area contributed by atoms with Crippen LogP contribution in [0.3, 0.4) is 0 Å². The molecule has 0 radical (unpaired) electrons. The van der Waals surface area contributed by atoms with E-state index in [-0.39, 0.29) is 0 Å². The molecule has 1 saturated carbocycles. The highest BCUT2D eigenvalue weighted by molar-refractivity contribution is 4.89. The molecule has 2 atom stereocenters. The molecular weight excluding hydrogens is 186 g/mol. The standard InChI is InChI=1S/C12H21N3/c1-2-8-13-11-6-3-4-7-12(11)15-10-5-9-14-15/h5,9-13H,2-4,6-8H2,1H3. The Morgan fingerprint density at radius 2 is 2.27 bits per heavy atom. The highest BCUT2D eigenvalue weighted by Gasteiger charge is 2.25. The Balaban J connectivity index is 1.99. The van der Waals surface area contributed by atoms with Crippen LogP contribution in [-0.4, -0.2) is 22.4 Å². The topological polar surface area (TPSA) is 29.9 Å². The van der Waals surface area contributed by atoms with Gasteiger partial charge >= 0.3 is 0 Å². The number of aromatic nitrogens is 2. The number of rotatable bonds is 4. The first-order valence-corrected chi connectivity index (χ1v) is 6.14. The first kappa shape index (κ1) is 10.7. The average molecular weight is 207 g/mol. The van der Waals surface area contributed by atoms with Crippen LogP contribution in [0.5, 0.6) is 0 Å². The number of hydrogen-bond acceptors (Lipinski definition) is 2. The molecule has 0 saturated heterocycles.